The molecule has 2 aliphatic rings. The highest BCUT2D eigenvalue weighted by molar-refractivity contribution is 6.08. The largest absolute Gasteiger partial charge is 0.454 e. The van der Waals surface area contributed by atoms with Gasteiger partial charge in [-0.2, -0.15) is 0 Å². The van der Waals surface area contributed by atoms with Gasteiger partial charge in [0.25, 0.3) is 5.91 Å². The SMILES string of the molecule is CC[C@H](C)NC(=O)NC(=O)COC(=O)[C@H](C)N1C(=O)[C@H]2CC=CC[C@H]2C1=O. The summed E-state index contributed by atoms with van der Waals surface area (Å²) in [4.78, 5) is 61.2. The summed E-state index contributed by atoms with van der Waals surface area (Å²) in [7, 11) is 0. The number of ether oxygens (including phenoxy) is 1. The second-order valence-electron chi connectivity index (χ2n) is 6.82. The van der Waals surface area contributed by atoms with Crippen LogP contribution >= 0.6 is 0 Å². The van der Waals surface area contributed by atoms with Crippen molar-refractivity contribution < 1.29 is 28.7 Å². The molecule has 0 unspecified atom stereocenters. The van der Waals surface area contributed by atoms with Gasteiger partial charge in [0.2, 0.25) is 11.8 Å². The number of esters is 1. The summed E-state index contributed by atoms with van der Waals surface area (Å²) in [5.74, 6) is -3.34. The van der Waals surface area contributed by atoms with E-state index < -0.39 is 54.2 Å². The standard InChI is InChI=1S/C18H25N3O6/c1-4-10(2)19-18(26)20-14(22)9-27-17(25)11(3)21-15(23)12-7-5-6-8-13(12)16(21)24/h5-6,10-13H,4,7-9H2,1-3H3,(H2,19,20,22,26)/t10-,11-,12-,13+/m0/s1. The van der Waals surface area contributed by atoms with Gasteiger partial charge in [0.1, 0.15) is 6.04 Å². The van der Waals surface area contributed by atoms with Crippen LogP contribution in [0.2, 0.25) is 0 Å². The lowest BCUT2D eigenvalue weighted by Crippen LogP contribution is -2.47. The summed E-state index contributed by atoms with van der Waals surface area (Å²) < 4.78 is 4.87. The summed E-state index contributed by atoms with van der Waals surface area (Å²) in [5.41, 5.74) is 0. The molecule has 1 saturated heterocycles. The minimum Gasteiger partial charge on any atom is -0.454 e. The molecule has 5 amide bonds. The van der Waals surface area contributed by atoms with E-state index in [1.165, 1.54) is 6.92 Å². The topological polar surface area (TPSA) is 122 Å². The first-order chi connectivity index (χ1) is 12.8. The van der Waals surface area contributed by atoms with E-state index in [0.29, 0.717) is 19.3 Å². The zero-order chi connectivity index (χ0) is 20.1. The highest BCUT2D eigenvalue weighted by Crippen LogP contribution is 2.36. The van der Waals surface area contributed by atoms with Crippen molar-refractivity contribution in [3.8, 4) is 0 Å². The summed E-state index contributed by atoms with van der Waals surface area (Å²) in [6.45, 7) is 4.37. The fourth-order valence-electron chi connectivity index (χ4n) is 3.10. The average Bonchev–Trinajstić information content (AvgIpc) is 2.90. The van der Waals surface area contributed by atoms with Crippen molar-refractivity contribution in [1.29, 1.82) is 0 Å². The van der Waals surface area contributed by atoms with Gasteiger partial charge in [-0.05, 0) is 33.1 Å². The number of hydrogen-bond acceptors (Lipinski definition) is 6. The van der Waals surface area contributed by atoms with E-state index in [9.17, 15) is 24.0 Å². The van der Waals surface area contributed by atoms with E-state index >= 15 is 0 Å². The lowest BCUT2D eigenvalue weighted by molar-refractivity contribution is -0.159. The van der Waals surface area contributed by atoms with Crippen LogP contribution in [0.3, 0.4) is 0 Å². The Morgan fingerprint density at radius 2 is 1.70 bits per heavy atom. The molecule has 0 aromatic heterocycles. The molecule has 0 bridgehead atoms. The molecule has 0 saturated carbocycles. The average molecular weight is 379 g/mol. The number of amides is 5. The number of rotatable bonds is 6. The van der Waals surface area contributed by atoms with Crippen molar-refractivity contribution in [2.75, 3.05) is 6.61 Å². The Kier molecular flexibility index (Phi) is 6.70. The number of allylic oxidation sites excluding steroid dienone is 2. The van der Waals surface area contributed by atoms with Crippen molar-refractivity contribution in [1.82, 2.24) is 15.5 Å². The fraction of sp³-hybridized carbons (Fsp3) is 0.611. The maximum Gasteiger partial charge on any atom is 0.329 e. The molecule has 2 N–H and O–H groups in total. The van der Waals surface area contributed by atoms with Crippen LogP contribution in [0, 0.1) is 11.8 Å². The Morgan fingerprint density at radius 3 is 2.22 bits per heavy atom. The number of carbonyl (C=O) groups excluding carboxylic acids is 5. The Hall–Kier alpha value is -2.71. The van der Waals surface area contributed by atoms with E-state index in [1.807, 2.05) is 24.4 Å². The molecule has 0 aromatic rings. The van der Waals surface area contributed by atoms with E-state index in [0.717, 1.165) is 4.90 Å². The Morgan fingerprint density at radius 1 is 1.15 bits per heavy atom. The fourth-order valence-corrected chi connectivity index (χ4v) is 3.10. The lowest BCUT2D eigenvalue weighted by Gasteiger charge is -2.21. The highest BCUT2D eigenvalue weighted by atomic mass is 16.5. The molecular formula is C18H25N3O6. The van der Waals surface area contributed by atoms with Gasteiger partial charge in [-0.25, -0.2) is 9.59 Å². The molecule has 0 spiro atoms. The molecule has 148 valence electrons. The molecular weight excluding hydrogens is 354 g/mol. The number of nitrogens with zero attached hydrogens (tertiary/aromatic N) is 1. The number of hydrogen-bond donors (Lipinski definition) is 2. The van der Waals surface area contributed by atoms with Crippen LogP contribution in [0.25, 0.3) is 0 Å². The number of carbonyl (C=O) groups is 5. The third kappa shape index (κ3) is 4.72. The van der Waals surface area contributed by atoms with Crippen LogP contribution in [0.4, 0.5) is 4.79 Å². The molecule has 2 rings (SSSR count). The minimum atomic E-state index is -1.13. The first-order valence-corrected chi connectivity index (χ1v) is 9.05. The second kappa shape index (κ2) is 8.79. The molecule has 1 heterocycles. The monoisotopic (exact) mass is 379 g/mol. The predicted molar refractivity (Wildman–Crippen MR) is 94.1 cm³/mol. The third-order valence-corrected chi connectivity index (χ3v) is 4.86. The van der Waals surface area contributed by atoms with Crippen molar-refractivity contribution in [2.24, 2.45) is 11.8 Å². The number of fused-ring (bicyclic) bond motifs is 1. The second-order valence-corrected chi connectivity index (χ2v) is 6.82. The Balaban J connectivity index is 1.85. The molecule has 1 fully saturated rings. The first kappa shape index (κ1) is 20.6. The molecule has 0 radical (unpaired) electrons. The molecule has 1 aliphatic heterocycles. The molecule has 9 nitrogen and oxygen atoms in total. The number of nitrogens with one attached hydrogen (secondary N) is 2. The molecule has 9 heteroatoms. The normalized spacial score (nSPS) is 23.4. The quantitative estimate of drug-likeness (QED) is 0.394. The van der Waals surface area contributed by atoms with Crippen LogP contribution in [0.1, 0.15) is 40.0 Å². The summed E-state index contributed by atoms with van der Waals surface area (Å²) in [6, 6.07) is -1.91. The molecule has 1 aliphatic carbocycles. The molecule has 4 atom stereocenters. The van der Waals surface area contributed by atoms with Crippen LogP contribution in [0.5, 0.6) is 0 Å². The summed E-state index contributed by atoms with van der Waals surface area (Å²) >= 11 is 0. The maximum absolute atomic E-state index is 12.4. The first-order valence-electron chi connectivity index (χ1n) is 9.05. The molecule has 0 aromatic carbocycles. The van der Waals surface area contributed by atoms with Gasteiger partial charge in [-0.3, -0.25) is 24.6 Å². The van der Waals surface area contributed by atoms with Gasteiger partial charge in [-0.1, -0.05) is 19.1 Å². The van der Waals surface area contributed by atoms with E-state index in [4.69, 9.17) is 4.74 Å². The highest BCUT2D eigenvalue weighted by Gasteiger charge is 2.50. The zero-order valence-electron chi connectivity index (χ0n) is 15.7. The smallest absolute Gasteiger partial charge is 0.329 e. The van der Waals surface area contributed by atoms with Gasteiger partial charge in [0, 0.05) is 6.04 Å². The predicted octanol–water partition coefficient (Wildman–Crippen LogP) is 0.494. The van der Waals surface area contributed by atoms with E-state index in [2.05, 4.69) is 5.32 Å². The zero-order valence-corrected chi connectivity index (χ0v) is 15.7. The van der Waals surface area contributed by atoms with Crippen molar-refractivity contribution in [3.63, 3.8) is 0 Å². The van der Waals surface area contributed by atoms with Gasteiger partial charge in [0.05, 0.1) is 11.8 Å². The summed E-state index contributed by atoms with van der Waals surface area (Å²) in [5, 5.41) is 4.59. The third-order valence-electron chi connectivity index (χ3n) is 4.86. The number of imide groups is 2. The lowest BCUT2D eigenvalue weighted by atomic mass is 9.85. The van der Waals surface area contributed by atoms with Crippen LogP contribution < -0.4 is 10.6 Å². The molecule has 27 heavy (non-hydrogen) atoms. The minimum absolute atomic E-state index is 0.106. The van der Waals surface area contributed by atoms with Crippen LogP contribution in [-0.4, -0.2) is 53.3 Å². The van der Waals surface area contributed by atoms with Crippen molar-refractivity contribution in [2.45, 2.75) is 52.1 Å². The number of likely N-dealkylation sites (tertiary alicyclic amines) is 1. The number of urea groups is 1. The van der Waals surface area contributed by atoms with Gasteiger partial charge >= 0.3 is 12.0 Å². The van der Waals surface area contributed by atoms with E-state index in [1.54, 1.807) is 6.92 Å². The van der Waals surface area contributed by atoms with Crippen molar-refractivity contribution >= 4 is 29.7 Å². The Labute approximate surface area is 157 Å². The van der Waals surface area contributed by atoms with Gasteiger partial charge in [-0.15, -0.1) is 0 Å². The van der Waals surface area contributed by atoms with Crippen molar-refractivity contribution in [3.05, 3.63) is 12.2 Å². The maximum atomic E-state index is 12.4. The van der Waals surface area contributed by atoms with Crippen LogP contribution in [0.15, 0.2) is 12.2 Å². The van der Waals surface area contributed by atoms with Crippen LogP contribution in [-0.2, 0) is 23.9 Å². The van der Waals surface area contributed by atoms with Gasteiger partial charge in [0.15, 0.2) is 6.61 Å². The Bertz CT molecular complexity index is 648. The summed E-state index contributed by atoms with van der Waals surface area (Å²) in [6.07, 6.45) is 5.35. The van der Waals surface area contributed by atoms with E-state index in [-0.39, 0.29) is 6.04 Å². The van der Waals surface area contributed by atoms with Gasteiger partial charge < -0.3 is 10.1 Å².